The number of para-hydroxylation sites is 1. The van der Waals surface area contributed by atoms with Crippen molar-refractivity contribution >= 4 is 51.6 Å². The van der Waals surface area contributed by atoms with Crippen LogP contribution in [0, 0.1) is 0 Å². The summed E-state index contributed by atoms with van der Waals surface area (Å²) in [7, 11) is 5.62. The Morgan fingerprint density at radius 2 is 2.06 bits per heavy atom. The molecule has 2 aromatic carbocycles. The number of hydrogen-bond acceptors (Lipinski definition) is 7. The number of benzene rings is 2. The van der Waals surface area contributed by atoms with E-state index in [1.54, 1.807) is 25.1 Å². The molecule has 0 aliphatic heterocycles. The average Bonchev–Trinajstić information content (AvgIpc) is 3.24. The van der Waals surface area contributed by atoms with Crippen LogP contribution in [0.2, 0.25) is 0 Å². The molecule has 0 saturated carbocycles. The first-order valence-corrected chi connectivity index (χ1v) is 12.8. The van der Waals surface area contributed by atoms with Crippen LogP contribution in [0.5, 0.6) is 5.75 Å². The maximum atomic E-state index is 12.2. The highest BCUT2D eigenvalue weighted by molar-refractivity contribution is 7.98. The highest BCUT2D eigenvalue weighted by Crippen LogP contribution is 2.38. The summed E-state index contributed by atoms with van der Waals surface area (Å²) in [6.45, 7) is 4.39. The van der Waals surface area contributed by atoms with Gasteiger partial charge in [-0.05, 0) is 30.5 Å². The minimum absolute atomic E-state index is 0.292. The van der Waals surface area contributed by atoms with Gasteiger partial charge in [-0.3, -0.25) is 4.79 Å². The molecule has 0 unspecified atom stereocenters. The van der Waals surface area contributed by atoms with Crippen LogP contribution in [0.25, 0.3) is 22.2 Å². The second-order valence-corrected chi connectivity index (χ2v) is 9.22. The number of nitrogens with one attached hydrogen (secondary N) is 2. The smallest absolute Gasteiger partial charge is 0.247 e. The Labute approximate surface area is 215 Å². The molecule has 4 aromatic rings. The van der Waals surface area contributed by atoms with Crippen molar-refractivity contribution in [1.29, 1.82) is 0 Å². The summed E-state index contributed by atoms with van der Waals surface area (Å²) in [5.74, 6) is 1.68. The summed E-state index contributed by atoms with van der Waals surface area (Å²) < 4.78 is 7.78. The molecule has 186 valence electrons. The molecule has 1 amide bonds. The van der Waals surface area contributed by atoms with Crippen LogP contribution >= 0.6 is 11.8 Å². The van der Waals surface area contributed by atoms with Crippen molar-refractivity contribution in [3.8, 4) is 17.0 Å². The SMILES string of the molecule is C=CC(=O)Nc1cc(Nc2nccc(-c3cn(C)c4ccccc34)n2)c(OC)cc1N(C)CCSC. The first-order valence-electron chi connectivity index (χ1n) is 11.4. The monoisotopic (exact) mass is 502 g/mol. The molecule has 2 N–H and O–H groups in total. The predicted molar refractivity (Wildman–Crippen MR) is 151 cm³/mol. The van der Waals surface area contributed by atoms with E-state index >= 15 is 0 Å². The van der Waals surface area contributed by atoms with E-state index < -0.39 is 0 Å². The number of aromatic nitrogens is 3. The fraction of sp³-hybridized carbons (Fsp3) is 0.222. The van der Waals surface area contributed by atoms with Gasteiger partial charge in [-0.1, -0.05) is 24.8 Å². The van der Waals surface area contributed by atoms with Crippen molar-refractivity contribution in [2.75, 3.05) is 48.2 Å². The van der Waals surface area contributed by atoms with Gasteiger partial charge in [-0.15, -0.1) is 0 Å². The van der Waals surface area contributed by atoms with Crippen molar-refractivity contribution in [3.05, 3.63) is 67.5 Å². The third kappa shape index (κ3) is 5.31. The molecule has 2 aromatic heterocycles. The first kappa shape index (κ1) is 25.1. The maximum absolute atomic E-state index is 12.2. The number of carbonyl (C=O) groups is 1. The third-order valence-corrected chi connectivity index (χ3v) is 6.47. The number of carbonyl (C=O) groups excluding carboxylic acids is 1. The molecule has 4 rings (SSSR count). The van der Waals surface area contributed by atoms with Gasteiger partial charge in [0.15, 0.2) is 0 Å². The quantitative estimate of drug-likeness (QED) is 0.284. The number of rotatable bonds is 10. The Kier molecular flexibility index (Phi) is 7.80. The van der Waals surface area contributed by atoms with Crippen LogP contribution in [0.15, 0.2) is 67.5 Å². The van der Waals surface area contributed by atoms with E-state index in [9.17, 15) is 4.79 Å². The topological polar surface area (TPSA) is 84.3 Å². The van der Waals surface area contributed by atoms with E-state index in [4.69, 9.17) is 9.72 Å². The lowest BCUT2D eigenvalue weighted by atomic mass is 10.1. The Morgan fingerprint density at radius 3 is 2.81 bits per heavy atom. The molecule has 0 fully saturated rings. The largest absolute Gasteiger partial charge is 0.494 e. The lowest BCUT2D eigenvalue weighted by molar-refractivity contribution is -0.111. The van der Waals surface area contributed by atoms with Gasteiger partial charge in [0.05, 0.1) is 29.9 Å². The van der Waals surface area contributed by atoms with E-state index in [0.717, 1.165) is 40.1 Å². The van der Waals surface area contributed by atoms with E-state index in [-0.39, 0.29) is 5.91 Å². The number of hydrogen-bond donors (Lipinski definition) is 2. The van der Waals surface area contributed by atoms with Gasteiger partial charge in [0.1, 0.15) is 5.75 Å². The molecule has 0 bridgehead atoms. The average molecular weight is 503 g/mol. The minimum Gasteiger partial charge on any atom is -0.494 e. The van der Waals surface area contributed by atoms with Crippen LogP contribution in [0.3, 0.4) is 0 Å². The van der Waals surface area contributed by atoms with Crippen LogP contribution in [0.4, 0.5) is 23.0 Å². The number of anilines is 4. The number of fused-ring (bicyclic) bond motifs is 1. The van der Waals surface area contributed by atoms with Crippen molar-refractivity contribution in [2.24, 2.45) is 7.05 Å². The summed E-state index contributed by atoms with van der Waals surface area (Å²) in [4.78, 5) is 23.5. The Hall–Kier alpha value is -3.98. The second-order valence-electron chi connectivity index (χ2n) is 8.24. The van der Waals surface area contributed by atoms with Crippen LogP contribution in [-0.4, -0.2) is 53.2 Å². The van der Waals surface area contributed by atoms with E-state index in [1.165, 1.54) is 6.08 Å². The number of ether oxygens (including phenoxy) is 1. The fourth-order valence-electron chi connectivity index (χ4n) is 4.02. The van der Waals surface area contributed by atoms with Crippen molar-refractivity contribution in [3.63, 3.8) is 0 Å². The maximum Gasteiger partial charge on any atom is 0.247 e. The van der Waals surface area contributed by atoms with Crippen LogP contribution < -0.4 is 20.3 Å². The summed E-state index contributed by atoms with van der Waals surface area (Å²) in [5.41, 5.74) is 5.07. The fourth-order valence-corrected chi connectivity index (χ4v) is 4.48. The lowest BCUT2D eigenvalue weighted by Gasteiger charge is -2.24. The second kappa shape index (κ2) is 11.2. The molecule has 8 nitrogen and oxygen atoms in total. The molecule has 0 radical (unpaired) electrons. The molecule has 2 heterocycles. The summed E-state index contributed by atoms with van der Waals surface area (Å²) in [6.07, 6.45) is 7.11. The molecular weight excluding hydrogens is 472 g/mol. The molecule has 9 heteroatoms. The third-order valence-electron chi connectivity index (χ3n) is 5.88. The predicted octanol–water partition coefficient (Wildman–Crippen LogP) is 5.31. The van der Waals surface area contributed by atoms with Crippen molar-refractivity contribution < 1.29 is 9.53 Å². The van der Waals surface area contributed by atoms with Gasteiger partial charge < -0.3 is 24.8 Å². The van der Waals surface area contributed by atoms with Crippen molar-refractivity contribution in [2.45, 2.75) is 0 Å². The van der Waals surface area contributed by atoms with E-state index in [0.29, 0.717) is 23.1 Å². The van der Waals surface area contributed by atoms with E-state index in [2.05, 4.69) is 56.2 Å². The normalized spacial score (nSPS) is 10.8. The molecule has 0 saturated heterocycles. The number of thioether (sulfide) groups is 1. The Balaban J connectivity index is 1.72. The molecule has 0 aliphatic rings. The Bertz CT molecular complexity index is 1400. The lowest BCUT2D eigenvalue weighted by Crippen LogP contribution is -2.22. The van der Waals surface area contributed by atoms with Gasteiger partial charge >= 0.3 is 0 Å². The zero-order chi connectivity index (χ0) is 25.7. The van der Waals surface area contributed by atoms with Crippen molar-refractivity contribution in [1.82, 2.24) is 14.5 Å². The van der Waals surface area contributed by atoms with Crippen LogP contribution in [-0.2, 0) is 11.8 Å². The van der Waals surface area contributed by atoms with Gasteiger partial charge in [-0.25, -0.2) is 9.97 Å². The van der Waals surface area contributed by atoms with Gasteiger partial charge in [-0.2, -0.15) is 11.8 Å². The molecule has 36 heavy (non-hydrogen) atoms. The minimum atomic E-state index is -0.292. The first-order chi connectivity index (χ1) is 17.4. The van der Waals surface area contributed by atoms with E-state index in [1.807, 2.05) is 44.4 Å². The molecular formula is C27H30N6O2S. The van der Waals surface area contributed by atoms with Crippen LogP contribution in [0.1, 0.15) is 0 Å². The standard InChI is InChI=1S/C27H30N6O2S/c1-6-26(34)29-21-15-22(25(35-4)16-24(21)32(2)13-14-36-5)31-27-28-12-11-20(30-27)19-17-33(3)23-10-8-7-9-18(19)23/h6-12,15-17H,1,13-14H2,2-5H3,(H,29,34)(H,28,30,31). The van der Waals surface area contributed by atoms with Gasteiger partial charge in [0.2, 0.25) is 11.9 Å². The van der Waals surface area contributed by atoms with Gasteiger partial charge in [0.25, 0.3) is 0 Å². The molecule has 0 aliphatic carbocycles. The number of amides is 1. The summed E-state index contributed by atoms with van der Waals surface area (Å²) in [5, 5.41) is 7.31. The Morgan fingerprint density at radius 1 is 1.25 bits per heavy atom. The highest BCUT2D eigenvalue weighted by Gasteiger charge is 2.17. The summed E-state index contributed by atoms with van der Waals surface area (Å²) in [6, 6.07) is 13.8. The van der Waals surface area contributed by atoms with Gasteiger partial charge in [0, 0.05) is 61.3 Å². The summed E-state index contributed by atoms with van der Waals surface area (Å²) >= 11 is 1.76. The zero-order valence-corrected chi connectivity index (χ0v) is 21.7. The molecule has 0 atom stereocenters. The number of methoxy groups -OCH3 is 1. The zero-order valence-electron chi connectivity index (χ0n) is 20.9. The molecule has 0 spiro atoms. The highest BCUT2D eigenvalue weighted by atomic mass is 32.2. The number of aryl methyl sites for hydroxylation is 1. The number of nitrogens with zero attached hydrogens (tertiary/aromatic N) is 4.